The number of carbonyl (C=O) groups excluding carboxylic acids is 1. The fourth-order valence-electron chi connectivity index (χ4n) is 1.57. The maximum absolute atomic E-state index is 13.6. The van der Waals surface area contributed by atoms with Crippen molar-refractivity contribution in [2.75, 3.05) is 13.7 Å². The Hall–Kier alpha value is -2.44. The van der Waals surface area contributed by atoms with Gasteiger partial charge in [-0.15, -0.1) is 0 Å². The van der Waals surface area contributed by atoms with Crippen LogP contribution in [0.1, 0.15) is 11.6 Å². The number of halogens is 2. The summed E-state index contributed by atoms with van der Waals surface area (Å²) in [6.45, 7) is 3.23. The number of hydrogen-bond donors (Lipinski definition) is 1. The standard InChI is InChI=1S/C13H13F2NO4/c1-3-6-20-13(19)16(2)11(12(17)18)9-5-4-8(14)7-10(9)15/h3-5,7,11H,1,6H2,2H3,(H,17,18). The molecule has 0 aliphatic heterocycles. The first-order valence-corrected chi connectivity index (χ1v) is 5.56. The quantitative estimate of drug-likeness (QED) is 0.843. The summed E-state index contributed by atoms with van der Waals surface area (Å²) in [4.78, 5) is 23.5. The highest BCUT2D eigenvalue weighted by molar-refractivity contribution is 5.81. The summed E-state index contributed by atoms with van der Waals surface area (Å²) in [6, 6.07) is 0.819. The molecule has 1 unspecified atom stereocenters. The van der Waals surface area contributed by atoms with Gasteiger partial charge in [0.05, 0.1) is 0 Å². The Labute approximate surface area is 114 Å². The molecule has 7 heteroatoms. The zero-order valence-electron chi connectivity index (χ0n) is 10.7. The van der Waals surface area contributed by atoms with Crippen LogP contribution in [0, 0.1) is 11.6 Å². The average molecular weight is 285 g/mol. The summed E-state index contributed by atoms with van der Waals surface area (Å²) in [5.74, 6) is -3.36. The monoisotopic (exact) mass is 285 g/mol. The molecule has 0 aromatic heterocycles. The number of carboxylic acids is 1. The molecule has 0 saturated heterocycles. The highest BCUT2D eigenvalue weighted by Gasteiger charge is 2.31. The third-order valence-electron chi connectivity index (χ3n) is 2.49. The molecule has 1 amide bonds. The van der Waals surface area contributed by atoms with E-state index in [1.807, 2.05) is 0 Å². The summed E-state index contributed by atoms with van der Waals surface area (Å²) < 4.78 is 31.2. The van der Waals surface area contributed by atoms with Gasteiger partial charge in [0.1, 0.15) is 18.2 Å². The van der Waals surface area contributed by atoms with Crippen LogP contribution in [0.2, 0.25) is 0 Å². The van der Waals surface area contributed by atoms with Crippen LogP contribution >= 0.6 is 0 Å². The van der Waals surface area contributed by atoms with Crippen molar-refractivity contribution in [1.82, 2.24) is 4.90 Å². The highest BCUT2D eigenvalue weighted by Crippen LogP contribution is 2.24. The Morgan fingerprint density at radius 1 is 1.50 bits per heavy atom. The van der Waals surface area contributed by atoms with Crippen LogP contribution < -0.4 is 0 Å². The first kappa shape index (κ1) is 15.6. The molecule has 0 spiro atoms. The molecule has 1 N–H and O–H groups in total. The number of likely N-dealkylation sites (N-methyl/N-ethyl adjacent to an activating group) is 1. The third-order valence-corrected chi connectivity index (χ3v) is 2.49. The lowest BCUT2D eigenvalue weighted by molar-refractivity contribution is -0.142. The van der Waals surface area contributed by atoms with Crippen LogP contribution in [0.4, 0.5) is 13.6 Å². The van der Waals surface area contributed by atoms with E-state index in [-0.39, 0.29) is 12.2 Å². The van der Waals surface area contributed by atoms with Crippen molar-refractivity contribution < 1.29 is 28.2 Å². The van der Waals surface area contributed by atoms with Gasteiger partial charge < -0.3 is 9.84 Å². The van der Waals surface area contributed by atoms with Crippen LogP contribution in [0.25, 0.3) is 0 Å². The van der Waals surface area contributed by atoms with E-state index in [0.717, 1.165) is 19.2 Å². The van der Waals surface area contributed by atoms with Crippen molar-refractivity contribution in [1.29, 1.82) is 0 Å². The van der Waals surface area contributed by atoms with Crippen molar-refractivity contribution in [3.8, 4) is 0 Å². The lowest BCUT2D eigenvalue weighted by Gasteiger charge is -2.24. The van der Waals surface area contributed by atoms with E-state index in [1.165, 1.54) is 6.08 Å². The molecular formula is C13H13F2NO4. The van der Waals surface area contributed by atoms with Crippen LogP contribution in [0.5, 0.6) is 0 Å². The van der Waals surface area contributed by atoms with Gasteiger partial charge in [0.2, 0.25) is 0 Å². The Balaban J connectivity index is 3.08. The average Bonchev–Trinajstić information content (AvgIpc) is 2.38. The molecule has 20 heavy (non-hydrogen) atoms. The zero-order valence-corrected chi connectivity index (χ0v) is 10.7. The van der Waals surface area contributed by atoms with Gasteiger partial charge in [-0.25, -0.2) is 18.4 Å². The smallest absolute Gasteiger partial charge is 0.410 e. The zero-order chi connectivity index (χ0) is 15.3. The van der Waals surface area contributed by atoms with E-state index in [9.17, 15) is 18.4 Å². The number of carboxylic acid groups (broad SMARTS) is 1. The largest absolute Gasteiger partial charge is 0.479 e. The van der Waals surface area contributed by atoms with E-state index in [4.69, 9.17) is 5.11 Å². The Morgan fingerprint density at radius 3 is 2.65 bits per heavy atom. The number of rotatable bonds is 5. The molecular weight excluding hydrogens is 272 g/mol. The summed E-state index contributed by atoms with van der Waals surface area (Å²) >= 11 is 0. The predicted octanol–water partition coefficient (Wildman–Crippen LogP) is 2.34. The van der Waals surface area contributed by atoms with Gasteiger partial charge in [0.25, 0.3) is 0 Å². The second-order valence-corrected chi connectivity index (χ2v) is 3.88. The molecule has 0 fully saturated rings. The molecule has 1 aromatic rings. The number of hydrogen-bond acceptors (Lipinski definition) is 3. The number of carbonyl (C=O) groups is 2. The number of nitrogens with zero attached hydrogens (tertiary/aromatic N) is 1. The highest BCUT2D eigenvalue weighted by atomic mass is 19.1. The molecule has 0 bridgehead atoms. The summed E-state index contributed by atoms with van der Waals surface area (Å²) in [5, 5.41) is 9.14. The fraction of sp³-hybridized carbons (Fsp3) is 0.231. The van der Waals surface area contributed by atoms with Gasteiger partial charge in [-0.1, -0.05) is 18.7 Å². The summed E-state index contributed by atoms with van der Waals surface area (Å²) in [6.07, 6.45) is 0.348. The van der Waals surface area contributed by atoms with Crippen molar-refractivity contribution in [2.45, 2.75) is 6.04 Å². The molecule has 5 nitrogen and oxygen atoms in total. The molecule has 0 saturated carbocycles. The van der Waals surface area contributed by atoms with E-state index >= 15 is 0 Å². The minimum absolute atomic E-state index is 0.110. The van der Waals surface area contributed by atoms with Gasteiger partial charge in [-0.3, -0.25) is 4.90 Å². The van der Waals surface area contributed by atoms with Crippen LogP contribution in [-0.4, -0.2) is 35.7 Å². The van der Waals surface area contributed by atoms with E-state index in [1.54, 1.807) is 0 Å². The first-order valence-electron chi connectivity index (χ1n) is 5.56. The minimum atomic E-state index is -1.62. The molecule has 1 aromatic carbocycles. The lowest BCUT2D eigenvalue weighted by atomic mass is 10.1. The fourth-order valence-corrected chi connectivity index (χ4v) is 1.57. The lowest BCUT2D eigenvalue weighted by Crippen LogP contribution is -2.36. The van der Waals surface area contributed by atoms with Gasteiger partial charge >= 0.3 is 12.1 Å². The van der Waals surface area contributed by atoms with Crippen LogP contribution in [0.15, 0.2) is 30.9 Å². The molecule has 0 heterocycles. The van der Waals surface area contributed by atoms with Crippen LogP contribution in [-0.2, 0) is 9.53 Å². The maximum atomic E-state index is 13.6. The number of aliphatic carboxylic acids is 1. The van der Waals surface area contributed by atoms with Crippen molar-refractivity contribution >= 4 is 12.1 Å². The number of amides is 1. The molecule has 0 aliphatic carbocycles. The van der Waals surface area contributed by atoms with Gasteiger partial charge in [0.15, 0.2) is 6.04 Å². The van der Waals surface area contributed by atoms with Gasteiger partial charge in [-0.05, 0) is 6.07 Å². The van der Waals surface area contributed by atoms with Crippen molar-refractivity contribution in [2.24, 2.45) is 0 Å². The minimum Gasteiger partial charge on any atom is -0.479 e. The van der Waals surface area contributed by atoms with E-state index < -0.39 is 29.7 Å². The second-order valence-electron chi connectivity index (χ2n) is 3.88. The topological polar surface area (TPSA) is 66.8 Å². The predicted molar refractivity (Wildman–Crippen MR) is 66.0 cm³/mol. The number of benzene rings is 1. The number of ether oxygens (including phenoxy) is 1. The van der Waals surface area contributed by atoms with Crippen molar-refractivity contribution in [3.05, 3.63) is 48.1 Å². The van der Waals surface area contributed by atoms with Gasteiger partial charge in [0, 0.05) is 18.7 Å². The third kappa shape index (κ3) is 3.53. The molecule has 1 rings (SSSR count). The van der Waals surface area contributed by atoms with E-state index in [2.05, 4.69) is 11.3 Å². The second kappa shape index (κ2) is 6.65. The molecule has 0 aliphatic rings. The Morgan fingerprint density at radius 2 is 2.15 bits per heavy atom. The summed E-state index contributed by atoms with van der Waals surface area (Å²) in [7, 11) is 1.15. The molecule has 108 valence electrons. The van der Waals surface area contributed by atoms with Gasteiger partial charge in [-0.2, -0.15) is 0 Å². The summed E-state index contributed by atoms with van der Waals surface area (Å²) in [5.41, 5.74) is -0.336. The first-order chi connectivity index (χ1) is 9.38. The SMILES string of the molecule is C=CCOC(=O)N(C)C(C(=O)O)c1ccc(F)cc1F. The maximum Gasteiger partial charge on any atom is 0.410 e. The molecule has 1 atom stereocenters. The Kier molecular flexibility index (Phi) is 5.19. The molecule has 0 radical (unpaired) electrons. The van der Waals surface area contributed by atoms with Crippen LogP contribution in [0.3, 0.4) is 0 Å². The van der Waals surface area contributed by atoms with Crippen molar-refractivity contribution in [3.63, 3.8) is 0 Å². The normalized spacial score (nSPS) is 11.6. The van der Waals surface area contributed by atoms with E-state index in [0.29, 0.717) is 11.0 Å². The Bertz CT molecular complexity index is 533.